The van der Waals surface area contributed by atoms with Crippen molar-refractivity contribution in [3.8, 4) is 11.8 Å². The zero-order valence-corrected chi connectivity index (χ0v) is 13.3. The Hall–Kier alpha value is -2.06. The predicted molar refractivity (Wildman–Crippen MR) is 83.7 cm³/mol. The molecule has 1 N–H and O–H groups in total. The normalized spacial score (nSPS) is 24.4. The fourth-order valence-corrected chi connectivity index (χ4v) is 3.11. The van der Waals surface area contributed by atoms with E-state index in [4.69, 9.17) is 14.7 Å². The molecule has 5 nitrogen and oxygen atoms in total. The first-order valence-electron chi connectivity index (χ1n) is 7.49. The molecule has 0 spiro atoms. The summed E-state index contributed by atoms with van der Waals surface area (Å²) < 4.78 is 10.7. The van der Waals surface area contributed by atoms with E-state index < -0.39 is 5.60 Å². The number of ether oxygens (including phenoxy) is 2. The molecule has 0 saturated heterocycles. The Kier molecular flexibility index (Phi) is 5.04. The number of nitrogens with one attached hydrogen (secondary N) is 1. The van der Waals surface area contributed by atoms with Crippen LogP contribution in [0.3, 0.4) is 0 Å². The minimum Gasteiger partial charge on any atom is -0.495 e. The summed E-state index contributed by atoms with van der Waals surface area (Å²) in [5, 5.41) is 12.0. The Balaban J connectivity index is 2.19. The molecule has 118 valence electrons. The van der Waals surface area contributed by atoms with Crippen LogP contribution in [0.2, 0.25) is 0 Å². The van der Waals surface area contributed by atoms with E-state index in [0.717, 1.165) is 25.7 Å². The van der Waals surface area contributed by atoms with Gasteiger partial charge in [0.2, 0.25) is 0 Å². The van der Waals surface area contributed by atoms with Crippen LogP contribution >= 0.6 is 0 Å². The van der Waals surface area contributed by atoms with E-state index in [1.54, 1.807) is 25.3 Å². The quantitative estimate of drug-likeness (QED) is 0.927. The summed E-state index contributed by atoms with van der Waals surface area (Å²) in [6.07, 6.45) is 3.55. The minimum atomic E-state index is -0.773. The van der Waals surface area contributed by atoms with Crippen molar-refractivity contribution >= 4 is 11.6 Å². The molecule has 1 amide bonds. The van der Waals surface area contributed by atoms with Crippen molar-refractivity contribution in [1.82, 2.24) is 0 Å². The van der Waals surface area contributed by atoms with Crippen LogP contribution < -0.4 is 10.1 Å². The topological polar surface area (TPSA) is 71.3 Å². The number of anilines is 1. The van der Waals surface area contributed by atoms with Crippen LogP contribution in [0.5, 0.6) is 5.75 Å². The van der Waals surface area contributed by atoms with Gasteiger partial charge in [-0.2, -0.15) is 5.26 Å². The molecule has 0 aromatic heterocycles. The van der Waals surface area contributed by atoms with E-state index in [1.165, 1.54) is 7.11 Å². The molecule has 5 heteroatoms. The third kappa shape index (κ3) is 3.23. The zero-order chi connectivity index (χ0) is 16.2. The van der Waals surface area contributed by atoms with Gasteiger partial charge in [0.25, 0.3) is 5.91 Å². The lowest BCUT2D eigenvalue weighted by Gasteiger charge is -2.37. The summed E-state index contributed by atoms with van der Waals surface area (Å²) in [6.45, 7) is 2.14. The van der Waals surface area contributed by atoms with Gasteiger partial charge < -0.3 is 14.8 Å². The fourth-order valence-electron chi connectivity index (χ4n) is 3.11. The van der Waals surface area contributed by atoms with E-state index in [2.05, 4.69) is 18.3 Å². The summed E-state index contributed by atoms with van der Waals surface area (Å²) in [5.74, 6) is 0.814. The van der Waals surface area contributed by atoms with Crippen molar-refractivity contribution in [3.63, 3.8) is 0 Å². The Morgan fingerprint density at radius 1 is 1.45 bits per heavy atom. The lowest BCUT2D eigenvalue weighted by Crippen LogP contribution is -2.47. The first-order valence-corrected chi connectivity index (χ1v) is 7.49. The molecule has 0 unspecified atom stereocenters. The fraction of sp³-hybridized carbons (Fsp3) is 0.529. The second-order valence-electron chi connectivity index (χ2n) is 5.88. The lowest BCUT2D eigenvalue weighted by molar-refractivity contribution is -0.143. The molecule has 1 aromatic rings. The van der Waals surface area contributed by atoms with E-state index in [1.807, 2.05) is 0 Å². The molecule has 0 aliphatic heterocycles. The van der Waals surface area contributed by atoms with Gasteiger partial charge in [-0.3, -0.25) is 4.79 Å². The van der Waals surface area contributed by atoms with Crippen molar-refractivity contribution in [3.05, 3.63) is 23.8 Å². The number of hydrogen-bond acceptors (Lipinski definition) is 4. The van der Waals surface area contributed by atoms with Gasteiger partial charge >= 0.3 is 0 Å². The highest BCUT2D eigenvalue weighted by Crippen LogP contribution is 2.36. The maximum Gasteiger partial charge on any atom is 0.256 e. The van der Waals surface area contributed by atoms with Crippen LogP contribution in [-0.2, 0) is 9.53 Å². The first kappa shape index (κ1) is 16.3. The number of nitrogens with zero attached hydrogens (tertiary/aromatic N) is 1. The maximum absolute atomic E-state index is 12.7. The number of methoxy groups -OCH3 is 2. The second-order valence-corrected chi connectivity index (χ2v) is 5.88. The SMILES string of the molecule is COc1ccc(NC(=O)[C@@]2(OC)CCC[C@H](C)C2)cc1C#N. The van der Waals surface area contributed by atoms with E-state index >= 15 is 0 Å². The van der Waals surface area contributed by atoms with Gasteiger partial charge in [0.05, 0.1) is 12.7 Å². The summed E-state index contributed by atoms with van der Waals surface area (Å²) in [7, 11) is 3.10. The Morgan fingerprint density at radius 3 is 2.82 bits per heavy atom. The molecule has 22 heavy (non-hydrogen) atoms. The molecular formula is C17H22N2O3. The number of hydrogen-bond donors (Lipinski definition) is 1. The largest absolute Gasteiger partial charge is 0.495 e. The average molecular weight is 302 g/mol. The van der Waals surface area contributed by atoms with Crippen LogP contribution in [0.4, 0.5) is 5.69 Å². The molecule has 0 bridgehead atoms. The number of carbonyl (C=O) groups is 1. The smallest absolute Gasteiger partial charge is 0.256 e. The summed E-state index contributed by atoms with van der Waals surface area (Å²) in [4.78, 5) is 12.7. The second kappa shape index (κ2) is 6.80. The molecular weight excluding hydrogens is 280 g/mol. The predicted octanol–water partition coefficient (Wildman–Crippen LogP) is 3.10. The van der Waals surface area contributed by atoms with Crippen LogP contribution in [0.15, 0.2) is 18.2 Å². The van der Waals surface area contributed by atoms with Crippen molar-refractivity contribution < 1.29 is 14.3 Å². The van der Waals surface area contributed by atoms with Gasteiger partial charge in [0, 0.05) is 12.8 Å². The maximum atomic E-state index is 12.7. The third-order valence-corrected chi connectivity index (χ3v) is 4.34. The number of amides is 1. The summed E-state index contributed by atoms with van der Waals surface area (Å²) >= 11 is 0. The van der Waals surface area contributed by atoms with Crippen LogP contribution in [0.1, 0.15) is 38.2 Å². The van der Waals surface area contributed by atoms with Gasteiger partial charge in [0.1, 0.15) is 17.4 Å². The Labute approximate surface area is 131 Å². The van der Waals surface area contributed by atoms with E-state index in [-0.39, 0.29) is 5.91 Å². The minimum absolute atomic E-state index is 0.143. The number of benzene rings is 1. The monoisotopic (exact) mass is 302 g/mol. The Bertz CT molecular complexity index is 594. The van der Waals surface area contributed by atoms with Gasteiger partial charge in [-0.15, -0.1) is 0 Å². The molecule has 1 fully saturated rings. The van der Waals surface area contributed by atoms with Gasteiger partial charge in [0.15, 0.2) is 0 Å². The molecule has 1 aliphatic rings. The Morgan fingerprint density at radius 2 is 2.23 bits per heavy atom. The molecule has 2 rings (SSSR count). The highest BCUT2D eigenvalue weighted by Gasteiger charge is 2.42. The molecule has 0 heterocycles. The molecule has 2 atom stereocenters. The number of rotatable bonds is 4. The van der Waals surface area contributed by atoms with Crippen molar-refractivity contribution in [1.29, 1.82) is 5.26 Å². The van der Waals surface area contributed by atoms with E-state index in [0.29, 0.717) is 22.9 Å². The highest BCUT2D eigenvalue weighted by molar-refractivity contribution is 5.97. The lowest BCUT2D eigenvalue weighted by atomic mass is 9.78. The first-order chi connectivity index (χ1) is 10.5. The van der Waals surface area contributed by atoms with Crippen LogP contribution in [0, 0.1) is 17.2 Å². The van der Waals surface area contributed by atoms with Crippen LogP contribution in [-0.4, -0.2) is 25.7 Å². The summed E-state index contributed by atoms with van der Waals surface area (Å²) in [6, 6.07) is 7.09. The van der Waals surface area contributed by atoms with E-state index in [9.17, 15) is 4.79 Å². The zero-order valence-electron chi connectivity index (χ0n) is 13.3. The molecule has 1 aromatic carbocycles. The number of carbonyl (C=O) groups excluding carboxylic acids is 1. The third-order valence-electron chi connectivity index (χ3n) is 4.34. The van der Waals surface area contributed by atoms with Crippen molar-refractivity contribution in [2.24, 2.45) is 5.92 Å². The number of nitriles is 1. The standard InChI is InChI=1S/C17H22N2O3/c1-12-5-4-8-17(10-12,22-3)16(20)19-14-6-7-15(21-2)13(9-14)11-18/h6-7,9,12H,4-5,8,10H2,1-3H3,(H,19,20)/t12-,17+/m0/s1. The average Bonchev–Trinajstić information content (AvgIpc) is 2.54. The highest BCUT2D eigenvalue weighted by atomic mass is 16.5. The molecule has 0 radical (unpaired) electrons. The van der Waals surface area contributed by atoms with Crippen LogP contribution in [0.25, 0.3) is 0 Å². The summed E-state index contributed by atoms with van der Waals surface area (Å²) in [5.41, 5.74) is 0.200. The van der Waals surface area contributed by atoms with Gasteiger partial charge in [-0.05, 0) is 43.4 Å². The molecule has 1 saturated carbocycles. The van der Waals surface area contributed by atoms with Gasteiger partial charge in [-0.25, -0.2) is 0 Å². The molecule has 1 aliphatic carbocycles. The van der Waals surface area contributed by atoms with Crippen molar-refractivity contribution in [2.75, 3.05) is 19.5 Å². The van der Waals surface area contributed by atoms with Crippen molar-refractivity contribution in [2.45, 2.75) is 38.2 Å². The van der Waals surface area contributed by atoms with Gasteiger partial charge in [-0.1, -0.05) is 13.3 Å².